The van der Waals surface area contributed by atoms with Crippen LogP contribution >= 0.6 is 15.9 Å². The largest absolute Gasteiger partial charge is 0.347 e. The number of hydrogen-bond donors (Lipinski definition) is 0. The molecule has 0 aromatic heterocycles. The van der Waals surface area contributed by atoms with Crippen LogP contribution in [0.3, 0.4) is 0 Å². The first-order chi connectivity index (χ1) is 8.76. The van der Waals surface area contributed by atoms with E-state index >= 15 is 0 Å². The highest BCUT2D eigenvalue weighted by Gasteiger charge is 2.39. The lowest BCUT2D eigenvalue weighted by Crippen LogP contribution is -2.44. The van der Waals surface area contributed by atoms with Crippen LogP contribution in [0.4, 0.5) is 0 Å². The summed E-state index contributed by atoms with van der Waals surface area (Å²) < 4.78 is 12.6. The molecule has 1 aromatic rings. The molecule has 2 heterocycles. The van der Waals surface area contributed by atoms with Crippen molar-refractivity contribution in [2.75, 3.05) is 26.3 Å². The SMILES string of the molecule is Brc1ccc(CN2CCC3(CC2)OCCO3)cc1. The third-order valence-corrected chi connectivity index (χ3v) is 4.28. The molecule has 98 valence electrons. The summed E-state index contributed by atoms with van der Waals surface area (Å²) >= 11 is 3.46. The Kier molecular flexibility index (Phi) is 3.71. The monoisotopic (exact) mass is 311 g/mol. The van der Waals surface area contributed by atoms with Crippen molar-refractivity contribution in [2.45, 2.75) is 25.2 Å². The molecule has 3 nitrogen and oxygen atoms in total. The lowest BCUT2D eigenvalue weighted by atomic mass is 10.0. The van der Waals surface area contributed by atoms with Gasteiger partial charge in [-0.25, -0.2) is 0 Å². The Labute approximate surface area is 116 Å². The molecular formula is C14H18BrNO2. The fraction of sp³-hybridized carbons (Fsp3) is 0.571. The summed E-state index contributed by atoms with van der Waals surface area (Å²) in [6, 6.07) is 8.56. The van der Waals surface area contributed by atoms with Crippen LogP contribution in [0.15, 0.2) is 28.7 Å². The Morgan fingerprint density at radius 3 is 2.28 bits per heavy atom. The summed E-state index contributed by atoms with van der Waals surface area (Å²) in [4.78, 5) is 2.47. The second-order valence-electron chi connectivity index (χ2n) is 5.01. The van der Waals surface area contributed by atoms with Crippen LogP contribution in [-0.2, 0) is 16.0 Å². The Bertz CT molecular complexity index is 391. The molecule has 4 heteroatoms. The van der Waals surface area contributed by atoms with Gasteiger partial charge in [0.2, 0.25) is 0 Å². The van der Waals surface area contributed by atoms with Crippen molar-refractivity contribution >= 4 is 15.9 Å². The first-order valence-electron chi connectivity index (χ1n) is 6.51. The van der Waals surface area contributed by atoms with Gasteiger partial charge < -0.3 is 9.47 Å². The molecule has 1 aromatic carbocycles. The summed E-state index contributed by atoms with van der Waals surface area (Å²) in [6.07, 6.45) is 1.98. The summed E-state index contributed by atoms with van der Waals surface area (Å²) in [6.45, 7) is 4.63. The molecule has 2 aliphatic heterocycles. The van der Waals surface area contributed by atoms with Crippen LogP contribution in [0.2, 0.25) is 0 Å². The Balaban J connectivity index is 1.55. The highest BCUT2D eigenvalue weighted by atomic mass is 79.9. The van der Waals surface area contributed by atoms with Gasteiger partial charge in [0.25, 0.3) is 0 Å². The van der Waals surface area contributed by atoms with E-state index < -0.39 is 0 Å². The Hall–Kier alpha value is -0.420. The molecule has 0 N–H and O–H groups in total. The van der Waals surface area contributed by atoms with E-state index in [0.29, 0.717) is 0 Å². The van der Waals surface area contributed by atoms with E-state index in [0.717, 1.165) is 50.2 Å². The number of nitrogens with zero attached hydrogens (tertiary/aromatic N) is 1. The van der Waals surface area contributed by atoms with Crippen molar-refractivity contribution in [3.05, 3.63) is 34.3 Å². The average molecular weight is 312 g/mol. The normalized spacial score (nSPS) is 23.6. The first kappa shape index (κ1) is 12.6. The zero-order valence-electron chi connectivity index (χ0n) is 10.4. The van der Waals surface area contributed by atoms with Gasteiger partial charge in [0.15, 0.2) is 5.79 Å². The van der Waals surface area contributed by atoms with Crippen LogP contribution in [0.5, 0.6) is 0 Å². The van der Waals surface area contributed by atoms with Gasteiger partial charge in [-0.15, -0.1) is 0 Å². The molecule has 0 unspecified atom stereocenters. The zero-order chi connectivity index (χ0) is 12.4. The Morgan fingerprint density at radius 2 is 1.67 bits per heavy atom. The highest BCUT2D eigenvalue weighted by molar-refractivity contribution is 9.10. The van der Waals surface area contributed by atoms with E-state index in [9.17, 15) is 0 Å². The Morgan fingerprint density at radius 1 is 1.06 bits per heavy atom. The number of halogens is 1. The predicted molar refractivity (Wildman–Crippen MR) is 73.3 cm³/mol. The smallest absolute Gasteiger partial charge is 0.170 e. The fourth-order valence-electron chi connectivity index (χ4n) is 2.69. The van der Waals surface area contributed by atoms with E-state index in [2.05, 4.69) is 45.1 Å². The van der Waals surface area contributed by atoms with Crippen molar-refractivity contribution in [3.63, 3.8) is 0 Å². The molecule has 2 aliphatic rings. The molecule has 0 amide bonds. The van der Waals surface area contributed by atoms with Crippen molar-refractivity contribution in [1.82, 2.24) is 4.90 Å². The maximum absolute atomic E-state index is 5.74. The second kappa shape index (κ2) is 5.29. The molecule has 1 spiro atoms. The van der Waals surface area contributed by atoms with Gasteiger partial charge in [-0.3, -0.25) is 4.90 Å². The van der Waals surface area contributed by atoms with Crippen LogP contribution in [0, 0.1) is 0 Å². The van der Waals surface area contributed by atoms with Gasteiger partial charge in [0, 0.05) is 36.9 Å². The van der Waals surface area contributed by atoms with Gasteiger partial charge in [0.05, 0.1) is 13.2 Å². The predicted octanol–water partition coefficient (Wildman–Crippen LogP) is 2.79. The van der Waals surface area contributed by atoms with Gasteiger partial charge in [-0.1, -0.05) is 28.1 Å². The van der Waals surface area contributed by atoms with Gasteiger partial charge in [0.1, 0.15) is 0 Å². The topological polar surface area (TPSA) is 21.7 Å². The minimum atomic E-state index is -0.254. The lowest BCUT2D eigenvalue weighted by molar-refractivity contribution is -0.185. The molecule has 0 radical (unpaired) electrons. The van der Waals surface area contributed by atoms with Gasteiger partial charge in [-0.05, 0) is 17.7 Å². The minimum Gasteiger partial charge on any atom is -0.347 e. The lowest BCUT2D eigenvalue weighted by Gasteiger charge is -2.37. The third kappa shape index (κ3) is 2.77. The number of rotatable bonds is 2. The average Bonchev–Trinajstić information content (AvgIpc) is 2.84. The van der Waals surface area contributed by atoms with E-state index in [-0.39, 0.29) is 5.79 Å². The van der Waals surface area contributed by atoms with E-state index in [1.807, 2.05) is 0 Å². The van der Waals surface area contributed by atoms with E-state index in [4.69, 9.17) is 9.47 Å². The molecule has 18 heavy (non-hydrogen) atoms. The standard InChI is InChI=1S/C14H18BrNO2/c15-13-3-1-12(2-4-13)11-16-7-5-14(6-8-16)17-9-10-18-14/h1-4H,5-11H2. The molecular weight excluding hydrogens is 294 g/mol. The summed E-state index contributed by atoms with van der Waals surface area (Å²) in [5, 5.41) is 0. The molecule has 0 atom stereocenters. The van der Waals surface area contributed by atoms with Gasteiger partial charge in [-0.2, -0.15) is 0 Å². The minimum absolute atomic E-state index is 0.254. The van der Waals surface area contributed by atoms with Crippen LogP contribution in [-0.4, -0.2) is 37.0 Å². The van der Waals surface area contributed by atoms with Crippen molar-refractivity contribution < 1.29 is 9.47 Å². The number of ether oxygens (including phenoxy) is 2. The van der Waals surface area contributed by atoms with E-state index in [1.54, 1.807) is 0 Å². The maximum Gasteiger partial charge on any atom is 0.170 e. The number of piperidine rings is 1. The molecule has 0 bridgehead atoms. The molecule has 2 saturated heterocycles. The third-order valence-electron chi connectivity index (χ3n) is 3.75. The summed E-state index contributed by atoms with van der Waals surface area (Å²) in [5.74, 6) is -0.254. The number of hydrogen-bond acceptors (Lipinski definition) is 3. The van der Waals surface area contributed by atoms with Crippen LogP contribution in [0.1, 0.15) is 18.4 Å². The van der Waals surface area contributed by atoms with Crippen LogP contribution in [0.25, 0.3) is 0 Å². The molecule has 3 rings (SSSR count). The summed E-state index contributed by atoms with van der Waals surface area (Å²) in [5.41, 5.74) is 1.36. The zero-order valence-corrected chi connectivity index (χ0v) is 12.0. The number of benzene rings is 1. The maximum atomic E-state index is 5.74. The van der Waals surface area contributed by atoms with Crippen molar-refractivity contribution in [3.8, 4) is 0 Å². The number of likely N-dealkylation sites (tertiary alicyclic amines) is 1. The quantitative estimate of drug-likeness (QED) is 0.838. The van der Waals surface area contributed by atoms with Crippen LogP contribution < -0.4 is 0 Å². The van der Waals surface area contributed by atoms with Gasteiger partial charge >= 0.3 is 0 Å². The fourth-order valence-corrected chi connectivity index (χ4v) is 2.95. The molecule has 0 aliphatic carbocycles. The highest BCUT2D eigenvalue weighted by Crippen LogP contribution is 2.31. The van der Waals surface area contributed by atoms with E-state index in [1.165, 1.54) is 5.56 Å². The molecule has 0 saturated carbocycles. The second-order valence-corrected chi connectivity index (χ2v) is 5.93. The van der Waals surface area contributed by atoms with Crippen molar-refractivity contribution in [1.29, 1.82) is 0 Å². The van der Waals surface area contributed by atoms with Crippen molar-refractivity contribution in [2.24, 2.45) is 0 Å². The first-order valence-corrected chi connectivity index (χ1v) is 7.30. The summed E-state index contributed by atoms with van der Waals surface area (Å²) in [7, 11) is 0. The molecule has 2 fully saturated rings.